The predicted molar refractivity (Wildman–Crippen MR) is 145 cm³/mol. The average Bonchev–Trinajstić information content (AvgIpc) is 2.80. The molecule has 0 spiro atoms. The van der Waals surface area contributed by atoms with Crippen LogP contribution in [-0.4, -0.2) is 57.7 Å². The molecule has 0 saturated heterocycles. The van der Waals surface area contributed by atoms with E-state index in [1.807, 2.05) is 52.8 Å². The monoisotopic (exact) mass is 517 g/mol. The van der Waals surface area contributed by atoms with Crippen LogP contribution in [0.25, 0.3) is 0 Å². The van der Waals surface area contributed by atoms with Crippen molar-refractivity contribution in [3.05, 3.63) is 34.9 Å². The molecule has 0 aliphatic heterocycles. The van der Waals surface area contributed by atoms with E-state index in [0.717, 1.165) is 48.8 Å². The van der Waals surface area contributed by atoms with Gasteiger partial charge in [-0.15, -0.1) is 0 Å². The Hall–Kier alpha value is -2.61. The summed E-state index contributed by atoms with van der Waals surface area (Å²) in [7, 11) is 0. The van der Waals surface area contributed by atoms with Crippen LogP contribution in [0, 0.1) is 13.8 Å². The van der Waals surface area contributed by atoms with E-state index in [1.165, 1.54) is 0 Å². The number of aliphatic hydroxyl groups excluding tert-OH is 1. The van der Waals surface area contributed by atoms with Crippen LogP contribution in [0.3, 0.4) is 0 Å². The third-order valence-corrected chi connectivity index (χ3v) is 7.20. The van der Waals surface area contributed by atoms with E-state index in [2.05, 4.69) is 10.6 Å². The molecule has 0 bridgehead atoms. The van der Waals surface area contributed by atoms with Gasteiger partial charge >= 0.3 is 6.09 Å². The van der Waals surface area contributed by atoms with Crippen molar-refractivity contribution in [3.8, 4) is 0 Å². The number of benzene rings is 1. The molecule has 8 nitrogen and oxygen atoms in total. The molecular weight excluding hydrogens is 470 g/mol. The van der Waals surface area contributed by atoms with Gasteiger partial charge in [-0.05, 0) is 84.4 Å². The van der Waals surface area contributed by atoms with E-state index >= 15 is 0 Å². The van der Waals surface area contributed by atoms with Crippen molar-refractivity contribution in [1.82, 2.24) is 15.5 Å². The van der Waals surface area contributed by atoms with Gasteiger partial charge in [0.1, 0.15) is 17.7 Å². The Morgan fingerprint density at radius 1 is 1.05 bits per heavy atom. The van der Waals surface area contributed by atoms with E-state index in [-0.39, 0.29) is 11.9 Å². The minimum atomic E-state index is -1.27. The normalized spacial score (nSPS) is 16.5. The SMILES string of the molecule is CCC(C)(C)N(C(=O)C(CO)NC(=O)OC(C)(C)C)C(C(=O)NC1CCCCC1)c1c(C)cccc1C. The number of hydrogen-bond donors (Lipinski definition) is 3. The Bertz CT molecular complexity index is 927. The number of carbonyl (C=O) groups is 3. The Labute approximate surface area is 222 Å². The van der Waals surface area contributed by atoms with Gasteiger partial charge in [-0.25, -0.2) is 4.79 Å². The number of carbonyl (C=O) groups excluding carboxylic acids is 3. The molecule has 1 fully saturated rings. The highest BCUT2D eigenvalue weighted by Crippen LogP contribution is 2.35. The highest BCUT2D eigenvalue weighted by Gasteiger charge is 2.44. The zero-order chi connectivity index (χ0) is 28.0. The lowest BCUT2D eigenvalue weighted by Crippen LogP contribution is -2.60. The molecule has 8 heteroatoms. The zero-order valence-corrected chi connectivity index (χ0v) is 23.9. The molecule has 1 saturated carbocycles. The van der Waals surface area contributed by atoms with Crippen LogP contribution in [0.15, 0.2) is 18.2 Å². The molecular formula is C29H47N3O5. The molecule has 2 unspecified atom stereocenters. The van der Waals surface area contributed by atoms with Crippen LogP contribution in [0.2, 0.25) is 0 Å². The minimum absolute atomic E-state index is 0.0586. The lowest BCUT2D eigenvalue weighted by Gasteiger charge is -2.45. The molecule has 0 radical (unpaired) electrons. The highest BCUT2D eigenvalue weighted by atomic mass is 16.6. The summed E-state index contributed by atoms with van der Waals surface area (Å²) < 4.78 is 5.33. The van der Waals surface area contributed by atoms with Crippen molar-refractivity contribution < 1.29 is 24.2 Å². The molecule has 2 atom stereocenters. The maximum Gasteiger partial charge on any atom is 0.408 e. The van der Waals surface area contributed by atoms with E-state index in [0.29, 0.717) is 6.42 Å². The Balaban J connectivity index is 2.57. The second kappa shape index (κ2) is 12.8. The van der Waals surface area contributed by atoms with Gasteiger partial charge in [-0.2, -0.15) is 0 Å². The first-order chi connectivity index (χ1) is 17.2. The molecule has 3 N–H and O–H groups in total. The van der Waals surface area contributed by atoms with Gasteiger partial charge in [0.05, 0.1) is 6.61 Å². The number of aryl methyl sites for hydroxylation is 2. The van der Waals surface area contributed by atoms with Gasteiger partial charge in [-0.1, -0.05) is 44.4 Å². The largest absolute Gasteiger partial charge is 0.444 e. The molecule has 0 aromatic heterocycles. The van der Waals surface area contributed by atoms with Crippen LogP contribution >= 0.6 is 0 Å². The Morgan fingerprint density at radius 3 is 2.11 bits per heavy atom. The maximum atomic E-state index is 14.1. The fourth-order valence-electron chi connectivity index (χ4n) is 4.91. The van der Waals surface area contributed by atoms with Crippen molar-refractivity contribution in [2.24, 2.45) is 0 Å². The first-order valence-corrected chi connectivity index (χ1v) is 13.5. The average molecular weight is 518 g/mol. The van der Waals surface area contributed by atoms with Gasteiger partial charge < -0.3 is 25.4 Å². The zero-order valence-electron chi connectivity index (χ0n) is 23.9. The highest BCUT2D eigenvalue weighted by molar-refractivity contribution is 5.93. The predicted octanol–water partition coefficient (Wildman–Crippen LogP) is 4.70. The molecule has 37 heavy (non-hydrogen) atoms. The van der Waals surface area contributed by atoms with Gasteiger partial charge in [0.25, 0.3) is 0 Å². The first kappa shape index (κ1) is 30.6. The number of rotatable bonds is 9. The maximum absolute atomic E-state index is 14.1. The van der Waals surface area contributed by atoms with Gasteiger partial charge in [-0.3, -0.25) is 9.59 Å². The molecule has 3 amide bonds. The van der Waals surface area contributed by atoms with Crippen molar-refractivity contribution in [1.29, 1.82) is 0 Å². The summed E-state index contributed by atoms with van der Waals surface area (Å²) in [6.45, 7) is 14.2. The first-order valence-electron chi connectivity index (χ1n) is 13.5. The third kappa shape index (κ3) is 8.19. The number of nitrogens with one attached hydrogen (secondary N) is 2. The topological polar surface area (TPSA) is 108 Å². The molecule has 1 aliphatic rings. The summed E-state index contributed by atoms with van der Waals surface area (Å²) in [6.07, 6.45) is 4.87. The Kier molecular flexibility index (Phi) is 10.6. The van der Waals surface area contributed by atoms with Gasteiger partial charge in [0, 0.05) is 11.6 Å². The van der Waals surface area contributed by atoms with Crippen LogP contribution in [0.1, 0.15) is 103 Å². The smallest absolute Gasteiger partial charge is 0.408 e. The van der Waals surface area contributed by atoms with Crippen molar-refractivity contribution in [2.45, 2.75) is 123 Å². The van der Waals surface area contributed by atoms with E-state index < -0.39 is 41.8 Å². The standard InChI is InChI=1S/C29H47N3O5/c1-9-29(7,8)32(26(35)22(18-33)31-27(36)37-28(4,5)6)24(23-19(2)14-13-15-20(23)3)25(34)30-21-16-11-10-12-17-21/h13-15,21-22,24,33H,9-12,16-18H2,1-8H3,(H,30,34)(H,31,36). The molecule has 2 rings (SSSR count). The van der Waals surface area contributed by atoms with Crippen molar-refractivity contribution in [2.75, 3.05) is 6.61 Å². The second-order valence-electron chi connectivity index (χ2n) is 11.8. The van der Waals surface area contributed by atoms with Crippen LogP contribution < -0.4 is 10.6 Å². The molecule has 1 aromatic rings. The lowest BCUT2D eigenvalue weighted by molar-refractivity contribution is -0.150. The van der Waals surface area contributed by atoms with E-state index in [9.17, 15) is 19.5 Å². The molecule has 208 valence electrons. The lowest BCUT2D eigenvalue weighted by atomic mass is 9.87. The molecule has 1 aliphatic carbocycles. The number of nitrogens with zero attached hydrogens (tertiary/aromatic N) is 1. The number of alkyl carbamates (subject to hydrolysis) is 1. The fourth-order valence-corrected chi connectivity index (χ4v) is 4.91. The third-order valence-electron chi connectivity index (χ3n) is 7.20. The van der Waals surface area contributed by atoms with Gasteiger partial charge in [0.15, 0.2) is 0 Å². The summed E-state index contributed by atoms with van der Waals surface area (Å²) >= 11 is 0. The number of ether oxygens (including phenoxy) is 1. The molecule has 1 aromatic carbocycles. The number of aliphatic hydroxyl groups is 1. The van der Waals surface area contributed by atoms with Crippen LogP contribution in [0.5, 0.6) is 0 Å². The van der Waals surface area contributed by atoms with Crippen molar-refractivity contribution in [3.63, 3.8) is 0 Å². The van der Waals surface area contributed by atoms with E-state index in [1.54, 1.807) is 25.7 Å². The van der Waals surface area contributed by atoms with Crippen molar-refractivity contribution >= 4 is 17.9 Å². The van der Waals surface area contributed by atoms with Gasteiger partial charge in [0.2, 0.25) is 11.8 Å². The van der Waals surface area contributed by atoms with Crippen LogP contribution in [0.4, 0.5) is 4.79 Å². The summed E-state index contributed by atoms with van der Waals surface area (Å²) in [4.78, 5) is 42.3. The minimum Gasteiger partial charge on any atom is -0.444 e. The summed E-state index contributed by atoms with van der Waals surface area (Å²) in [5, 5.41) is 15.9. The number of hydrogen-bond acceptors (Lipinski definition) is 5. The quantitative estimate of drug-likeness (QED) is 0.440. The summed E-state index contributed by atoms with van der Waals surface area (Å²) in [5.74, 6) is -0.778. The second-order valence-corrected chi connectivity index (χ2v) is 11.8. The fraction of sp³-hybridized carbons (Fsp3) is 0.690. The van der Waals surface area contributed by atoms with Crippen LogP contribution in [-0.2, 0) is 14.3 Å². The Morgan fingerprint density at radius 2 is 1.62 bits per heavy atom. The van der Waals surface area contributed by atoms with E-state index in [4.69, 9.17) is 4.74 Å². The summed E-state index contributed by atoms with van der Waals surface area (Å²) in [6, 6.07) is 3.67. The molecule has 0 heterocycles. The number of amides is 3. The summed E-state index contributed by atoms with van der Waals surface area (Å²) in [5.41, 5.74) is 1.03.